The van der Waals surface area contributed by atoms with Gasteiger partial charge in [0.1, 0.15) is 0 Å². The second-order valence-electron chi connectivity index (χ2n) is 9.08. The Morgan fingerprint density at radius 2 is 1.17 bits per heavy atom. The topological polar surface area (TPSA) is 17.1 Å². The van der Waals surface area contributed by atoms with Gasteiger partial charge in [-0.05, 0) is 0 Å². The monoisotopic (exact) mass is 514 g/mol. The number of Topliss-reactive ketones (excluding diaryl/α,β-unsaturated/α-hetero) is 1. The molecule has 0 heterocycles. The quantitative estimate of drug-likeness (QED) is 0.183. The molecule has 0 aromatic heterocycles. The summed E-state index contributed by atoms with van der Waals surface area (Å²) in [6.07, 6.45) is 7.79. The summed E-state index contributed by atoms with van der Waals surface area (Å²) >= 11 is -2.68. The predicted molar refractivity (Wildman–Crippen MR) is 134 cm³/mol. The summed E-state index contributed by atoms with van der Waals surface area (Å²) in [7, 11) is 0. The molecule has 30 heavy (non-hydrogen) atoms. The van der Waals surface area contributed by atoms with E-state index in [4.69, 9.17) is 0 Å². The van der Waals surface area contributed by atoms with Crippen molar-refractivity contribution in [2.45, 2.75) is 83.5 Å². The van der Waals surface area contributed by atoms with Crippen LogP contribution < -0.4 is 0 Å². The summed E-state index contributed by atoms with van der Waals surface area (Å²) in [5.41, 5.74) is 2.32. The van der Waals surface area contributed by atoms with Crippen LogP contribution in [0, 0.1) is 5.92 Å². The maximum atomic E-state index is 13.7. The van der Waals surface area contributed by atoms with Gasteiger partial charge in [0.2, 0.25) is 0 Å². The van der Waals surface area contributed by atoms with Gasteiger partial charge in [-0.2, -0.15) is 0 Å². The fourth-order valence-electron chi connectivity index (χ4n) is 5.28. The fourth-order valence-corrected chi connectivity index (χ4v) is 25.2. The average Bonchev–Trinajstić information content (AvgIpc) is 2.80. The normalized spacial score (nSPS) is 13.7. The van der Waals surface area contributed by atoms with E-state index >= 15 is 0 Å². The fraction of sp³-hybridized carbons (Fsp3) is 0.536. The summed E-state index contributed by atoms with van der Waals surface area (Å²) in [4.78, 5) is 13.7. The van der Waals surface area contributed by atoms with Crippen LogP contribution in [0.15, 0.2) is 60.7 Å². The molecule has 0 N–H and O–H groups in total. The maximum absolute atomic E-state index is 13.7. The molecule has 1 nitrogen and oxygen atoms in total. The Kier molecular flexibility index (Phi) is 11.2. The van der Waals surface area contributed by atoms with Crippen LogP contribution in [0.4, 0.5) is 0 Å². The summed E-state index contributed by atoms with van der Waals surface area (Å²) in [6, 6.07) is 21.1. The van der Waals surface area contributed by atoms with Crippen LogP contribution in [0.25, 0.3) is 0 Å². The van der Waals surface area contributed by atoms with Gasteiger partial charge < -0.3 is 0 Å². The second kappa shape index (κ2) is 13.3. The zero-order valence-corrected chi connectivity index (χ0v) is 22.6. The Hall–Kier alpha value is -1.09. The second-order valence-corrected chi connectivity index (χ2v) is 22.9. The van der Waals surface area contributed by atoms with E-state index in [0.717, 1.165) is 5.56 Å². The van der Waals surface area contributed by atoms with Gasteiger partial charge >= 0.3 is 190 Å². The molecule has 0 saturated heterocycles. The zero-order chi connectivity index (χ0) is 21.8. The van der Waals surface area contributed by atoms with Crippen LogP contribution in [0.3, 0.4) is 0 Å². The van der Waals surface area contributed by atoms with Gasteiger partial charge in [-0.3, -0.25) is 0 Å². The van der Waals surface area contributed by atoms with Gasteiger partial charge in [0.25, 0.3) is 0 Å². The number of ketones is 1. The number of carbonyl (C=O) groups is 1. The van der Waals surface area contributed by atoms with Crippen molar-refractivity contribution < 1.29 is 4.79 Å². The van der Waals surface area contributed by atoms with E-state index in [1.54, 1.807) is 0 Å². The number of carbonyl (C=O) groups excluding carboxylic acids is 1. The first-order chi connectivity index (χ1) is 14.6. The number of rotatable bonds is 14. The van der Waals surface area contributed by atoms with E-state index in [1.165, 1.54) is 57.4 Å². The van der Waals surface area contributed by atoms with E-state index in [9.17, 15) is 4.79 Å². The van der Waals surface area contributed by atoms with Crippen LogP contribution in [-0.2, 0) is 0 Å². The van der Waals surface area contributed by atoms with Crippen molar-refractivity contribution in [2.24, 2.45) is 5.92 Å². The van der Waals surface area contributed by atoms with Crippen LogP contribution in [-0.4, -0.2) is 24.2 Å². The van der Waals surface area contributed by atoms with Crippen molar-refractivity contribution in [2.75, 3.05) is 0 Å². The van der Waals surface area contributed by atoms with Crippen molar-refractivity contribution >= 4 is 24.2 Å². The molecule has 0 saturated carbocycles. The Bertz CT molecular complexity index is 703. The summed E-state index contributed by atoms with van der Waals surface area (Å²) in [5.74, 6) is 0.409. The zero-order valence-electron chi connectivity index (χ0n) is 19.7. The first-order valence-corrected chi connectivity index (χ1v) is 19.9. The van der Waals surface area contributed by atoms with Crippen LogP contribution >= 0.6 is 0 Å². The van der Waals surface area contributed by atoms with Gasteiger partial charge in [0, 0.05) is 0 Å². The molecule has 2 atom stereocenters. The molecule has 2 aromatic carbocycles. The Balaban J connectivity index is 2.55. The third-order valence-electron chi connectivity index (χ3n) is 6.87. The van der Waals surface area contributed by atoms with Gasteiger partial charge in [-0.15, -0.1) is 0 Å². The number of hydrogen-bond donors (Lipinski definition) is 0. The predicted octanol–water partition coefficient (Wildman–Crippen LogP) is 8.68. The Morgan fingerprint density at radius 1 is 0.733 bits per heavy atom. The third-order valence-corrected chi connectivity index (χ3v) is 24.6. The van der Waals surface area contributed by atoms with E-state index in [2.05, 4.69) is 58.0 Å². The first kappa shape index (κ1) is 25.2. The van der Waals surface area contributed by atoms with Gasteiger partial charge in [-0.25, -0.2) is 0 Å². The third kappa shape index (κ3) is 6.70. The summed E-state index contributed by atoms with van der Waals surface area (Å²) < 4.78 is 4.75. The average molecular weight is 513 g/mol. The first-order valence-electron chi connectivity index (χ1n) is 12.2. The molecule has 0 aliphatic carbocycles. The van der Waals surface area contributed by atoms with Crippen molar-refractivity contribution in [3.8, 4) is 0 Å². The van der Waals surface area contributed by atoms with Crippen molar-refractivity contribution in [3.05, 3.63) is 71.8 Å². The number of benzene rings is 2. The molecule has 0 radical (unpaired) electrons. The molecular formula is C28H42OSn. The van der Waals surface area contributed by atoms with E-state index in [0.29, 0.717) is 9.72 Å². The minimum absolute atomic E-state index is 0.0659. The molecule has 0 fully saturated rings. The molecule has 0 aliphatic heterocycles. The van der Waals surface area contributed by atoms with Crippen LogP contribution in [0.2, 0.25) is 13.3 Å². The number of unbranched alkanes of at least 4 members (excludes halogenated alkanes) is 3. The van der Waals surface area contributed by atoms with E-state index in [-0.39, 0.29) is 5.92 Å². The summed E-state index contributed by atoms with van der Waals surface area (Å²) in [5, 5.41) is 0. The van der Waals surface area contributed by atoms with E-state index < -0.39 is 18.4 Å². The molecule has 164 valence electrons. The Morgan fingerprint density at radius 3 is 1.60 bits per heavy atom. The van der Waals surface area contributed by atoms with Gasteiger partial charge in [0.15, 0.2) is 0 Å². The van der Waals surface area contributed by atoms with Crippen LogP contribution in [0.5, 0.6) is 0 Å². The minimum atomic E-state index is -2.68. The molecule has 0 bridgehead atoms. The molecule has 2 heteroatoms. The molecule has 0 aliphatic rings. The molecule has 0 amide bonds. The molecule has 0 spiro atoms. The molecule has 2 rings (SSSR count). The van der Waals surface area contributed by atoms with Crippen molar-refractivity contribution in [3.63, 3.8) is 0 Å². The SMILES string of the molecule is CCC[CH2][Sn]([CH2]CCC)([CH2]CCC)[C@@H](c1ccccc1)[C@H](C)C(=O)c1ccccc1. The molecular weight excluding hydrogens is 471 g/mol. The Labute approximate surface area is 189 Å². The molecule has 0 unspecified atom stereocenters. The van der Waals surface area contributed by atoms with Crippen LogP contribution in [0.1, 0.15) is 86.1 Å². The van der Waals surface area contributed by atoms with Crippen molar-refractivity contribution in [1.82, 2.24) is 0 Å². The van der Waals surface area contributed by atoms with Gasteiger partial charge in [0.05, 0.1) is 0 Å². The summed E-state index contributed by atoms with van der Waals surface area (Å²) in [6.45, 7) is 9.22. The van der Waals surface area contributed by atoms with Crippen molar-refractivity contribution in [1.29, 1.82) is 0 Å². The van der Waals surface area contributed by atoms with E-state index in [1.807, 2.05) is 30.3 Å². The molecule has 2 aromatic rings. The number of hydrogen-bond acceptors (Lipinski definition) is 1. The standard InChI is InChI=1S/C16H15O.3C4H9.Sn/c1-13(12-14-8-4-2-5-9-14)16(17)15-10-6-3-7-11-15;3*1-3-4-2;/h2-13H,1H3;3*1,3-4H2,2H3;/t13-;;;;/m0..../s1. The van der Waals surface area contributed by atoms with Gasteiger partial charge in [-0.1, -0.05) is 0 Å².